The van der Waals surface area contributed by atoms with E-state index in [9.17, 15) is 19.7 Å². The van der Waals surface area contributed by atoms with Gasteiger partial charge in [0.2, 0.25) is 6.41 Å². The Balaban J connectivity index is 0.000000224. The van der Waals surface area contributed by atoms with E-state index in [1.165, 1.54) is 6.20 Å². The minimum Gasteiger partial charge on any atom is -0.349 e. The number of carbonyl (C=O) groups is 2. The molecule has 1 heterocycles. The zero-order chi connectivity index (χ0) is 16.5. The minimum absolute atomic E-state index is 0.153. The molecule has 116 valence electrons. The SMILES string of the molecule is Cc1cc([N+](=O)[O-])cn1C.O=CCc1cccc(NC=O)c1. The summed E-state index contributed by atoms with van der Waals surface area (Å²) in [6.45, 7) is 1.83. The van der Waals surface area contributed by atoms with Gasteiger partial charge in [-0.2, -0.15) is 0 Å². The van der Waals surface area contributed by atoms with E-state index in [1.54, 1.807) is 35.9 Å². The molecule has 0 aliphatic heterocycles. The molecule has 1 aromatic heterocycles. The Kier molecular flexibility index (Phi) is 6.49. The predicted molar refractivity (Wildman–Crippen MR) is 82.7 cm³/mol. The average molecular weight is 303 g/mol. The van der Waals surface area contributed by atoms with E-state index in [1.807, 2.05) is 13.0 Å². The lowest BCUT2D eigenvalue weighted by atomic mass is 10.1. The maximum absolute atomic E-state index is 10.2. The molecule has 0 fully saturated rings. The molecule has 1 aromatic carbocycles. The van der Waals surface area contributed by atoms with Crippen LogP contribution >= 0.6 is 0 Å². The Hall–Kier alpha value is -2.96. The summed E-state index contributed by atoms with van der Waals surface area (Å²) in [5, 5.41) is 12.7. The van der Waals surface area contributed by atoms with Crippen LogP contribution in [0, 0.1) is 17.0 Å². The standard InChI is InChI=1S/C9H9NO2.C6H8N2O2/c11-5-4-8-2-1-3-9(6-8)10-7-12;1-5-3-6(8(9)10)4-7(5)2/h1-3,5-7H,4H2,(H,10,12);3-4H,1-2H3. The molecule has 0 aliphatic carbocycles. The Morgan fingerprint density at radius 2 is 2.05 bits per heavy atom. The number of nitro groups is 1. The molecule has 1 N–H and O–H groups in total. The highest BCUT2D eigenvalue weighted by Gasteiger charge is 2.07. The highest BCUT2D eigenvalue weighted by molar-refractivity contribution is 5.71. The second-order valence-corrected chi connectivity index (χ2v) is 4.54. The van der Waals surface area contributed by atoms with Crippen LogP contribution in [0.1, 0.15) is 11.3 Å². The quantitative estimate of drug-likeness (QED) is 0.520. The van der Waals surface area contributed by atoms with Crippen molar-refractivity contribution >= 4 is 24.1 Å². The van der Waals surface area contributed by atoms with Gasteiger partial charge in [0.05, 0.1) is 11.1 Å². The van der Waals surface area contributed by atoms with E-state index in [2.05, 4.69) is 5.32 Å². The van der Waals surface area contributed by atoms with Gasteiger partial charge in [-0.25, -0.2) is 0 Å². The maximum Gasteiger partial charge on any atom is 0.287 e. The number of anilines is 1. The van der Waals surface area contributed by atoms with Crippen molar-refractivity contribution in [2.45, 2.75) is 13.3 Å². The van der Waals surface area contributed by atoms with Gasteiger partial charge in [0.25, 0.3) is 5.69 Å². The third-order valence-corrected chi connectivity index (χ3v) is 2.92. The van der Waals surface area contributed by atoms with E-state index in [0.29, 0.717) is 18.5 Å². The zero-order valence-corrected chi connectivity index (χ0v) is 12.4. The molecule has 0 aliphatic rings. The van der Waals surface area contributed by atoms with E-state index in [0.717, 1.165) is 17.5 Å². The molecule has 1 amide bonds. The molecule has 7 heteroatoms. The number of aryl methyl sites for hydroxylation is 2. The Labute approximate surface area is 127 Å². The molecule has 0 atom stereocenters. The first-order valence-corrected chi connectivity index (χ1v) is 6.48. The van der Waals surface area contributed by atoms with Crippen LogP contribution in [0.3, 0.4) is 0 Å². The summed E-state index contributed by atoms with van der Waals surface area (Å²) < 4.78 is 1.72. The Bertz CT molecular complexity index is 620. The van der Waals surface area contributed by atoms with Gasteiger partial charge in [0.1, 0.15) is 6.29 Å². The van der Waals surface area contributed by atoms with Crippen molar-refractivity contribution in [2.75, 3.05) is 5.32 Å². The smallest absolute Gasteiger partial charge is 0.287 e. The molecule has 7 nitrogen and oxygen atoms in total. The molecular weight excluding hydrogens is 286 g/mol. The van der Waals surface area contributed by atoms with E-state index < -0.39 is 4.92 Å². The summed E-state index contributed by atoms with van der Waals surface area (Å²) in [4.78, 5) is 30.0. The largest absolute Gasteiger partial charge is 0.349 e. The number of carbonyl (C=O) groups excluding carboxylic acids is 2. The van der Waals surface area contributed by atoms with Crippen LogP contribution in [0.2, 0.25) is 0 Å². The van der Waals surface area contributed by atoms with Crippen molar-refractivity contribution in [3.05, 3.63) is 57.9 Å². The molecule has 0 radical (unpaired) electrons. The highest BCUT2D eigenvalue weighted by atomic mass is 16.6. The van der Waals surface area contributed by atoms with Crippen molar-refractivity contribution in [3.8, 4) is 0 Å². The number of aldehydes is 1. The third kappa shape index (κ3) is 5.20. The van der Waals surface area contributed by atoms with Crippen molar-refractivity contribution < 1.29 is 14.5 Å². The van der Waals surface area contributed by atoms with E-state index in [4.69, 9.17) is 0 Å². The third-order valence-electron chi connectivity index (χ3n) is 2.92. The van der Waals surface area contributed by atoms with Gasteiger partial charge in [-0.05, 0) is 24.6 Å². The van der Waals surface area contributed by atoms with Gasteiger partial charge in [-0.15, -0.1) is 0 Å². The van der Waals surface area contributed by atoms with Crippen molar-refractivity contribution in [2.24, 2.45) is 7.05 Å². The number of rotatable bonds is 5. The Morgan fingerprint density at radius 3 is 2.50 bits per heavy atom. The van der Waals surface area contributed by atoms with Crippen LogP contribution in [-0.4, -0.2) is 22.2 Å². The summed E-state index contributed by atoms with van der Waals surface area (Å²) in [6.07, 6.45) is 3.32. The molecule has 22 heavy (non-hydrogen) atoms. The van der Waals surface area contributed by atoms with E-state index in [-0.39, 0.29) is 5.69 Å². The summed E-state index contributed by atoms with van der Waals surface area (Å²) in [7, 11) is 1.78. The fourth-order valence-electron chi connectivity index (χ4n) is 1.71. The van der Waals surface area contributed by atoms with Gasteiger partial charge < -0.3 is 14.7 Å². The van der Waals surface area contributed by atoms with Crippen molar-refractivity contribution in [3.63, 3.8) is 0 Å². The maximum atomic E-state index is 10.2. The van der Waals surface area contributed by atoms with Crippen LogP contribution in [0.15, 0.2) is 36.5 Å². The average Bonchev–Trinajstić information content (AvgIpc) is 2.81. The van der Waals surface area contributed by atoms with Gasteiger partial charge in [-0.1, -0.05) is 12.1 Å². The first-order valence-electron chi connectivity index (χ1n) is 6.48. The van der Waals surface area contributed by atoms with Gasteiger partial charge in [-0.3, -0.25) is 14.9 Å². The summed E-state index contributed by atoms with van der Waals surface area (Å²) in [5.41, 5.74) is 2.66. The fourth-order valence-corrected chi connectivity index (χ4v) is 1.71. The molecule has 0 spiro atoms. The first-order chi connectivity index (χ1) is 10.5. The summed E-state index contributed by atoms with van der Waals surface area (Å²) in [6, 6.07) is 8.71. The number of hydrogen-bond acceptors (Lipinski definition) is 4. The monoisotopic (exact) mass is 303 g/mol. The topological polar surface area (TPSA) is 94.2 Å². The lowest BCUT2D eigenvalue weighted by Crippen LogP contribution is -1.94. The molecule has 2 aromatic rings. The minimum atomic E-state index is -0.396. The lowest BCUT2D eigenvalue weighted by Gasteiger charge is -1.99. The molecule has 0 saturated carbocycles. The number of benzene rings is 1. The van der Waals surface area contributed by atoms with Crippen LogP contribution in [0.4, 0.5) is 11.4 Å². The summed E-state index contributed by atoms with van der Waals surface area (Å²) in [5.74, 6) is 0. The molecular formula is C15H17N3O4. The van der Waals surface area contributed by atoms with Gasteiger partial charge in [0.15, 0.2) is 0 Å². The molecule has 0 saturated heterocycles. The van der Waals surface area contributed by atoms with Crippen molar-refractivity contribution in [1.29, 1.82) is 0 Å². The van der Waals surface area contributed by atoms with Crippen LogP contribution in [0.5, 0.6) is 0 Å². The molecule has 2 rings (SSSR count). The number of amides is 1. The number of nitrogens with zero attached hydrogens (tertiary/aromatic N) is 2. The van der Waals surface area contributed by atoms with Crippen LogP contribution in [0.25, 0.3) is 0 Å². The highest BCUT2D eigenvalue weighted by Crippen LogP contribution is 2.13. The predicted octanol–water partition coefficient (Wildman–Crippen LogP) is 2.24. The van der Waals surface area contributed by atoms with Crippen molar-refractivity contribution in [1.82, 2.24) is 4.57 Å². The molecule has 0 unspecified atom stereocenters. The molecule has 0 bridgehead atoms. The summed E-state index contributed by atoms with van der Waals surface area (Å²) >= 11 is 0. The second-order valence-electron chi connectivity index (χ2n) is 4.54. The lowest BCUT2D eigenvalue weighted by molar-refractivity contribution is -0.384. The van der Waals surface area contributed by atoms with Crippen LogP contribution < -0.4 is 5.32 Å². The Morgan fingerprint density at radius 1 is 1.32 bits per heavy atom. The first kappa shape index (κ1) is 17.1. The number of aromatic nitrogens is 1. The number of nitrogens with one attached hydrogen (secondary N) is 1. The van der Waals surface area contributed by atoms with Gasteiger partial charge >= 0.3 is 0 Å². The number of hydrogen-bond donors (Lipinski definition) is 1. The zero-order valence-electron chi connectivity index (χ0n) is 12.4. The van der Waals surface area contributed by atoms with Gasteiger partial charge in [0, 0.05) is 30.9 Å². The fraction of sp³-hybridized carbons (Fsp3) is 0.200. The normalized spacial score (nSPS) is 9.36. The van der Waals surface area contributed by atoms with E-state index >= 15 is 0 Å². The van der Waals surface area contributed by atoms with Crippen LogP contribution in [-0.2, 0) is 23.1 Å². The second kappa shape index (κ2) is 8.35.